The van der Waals surface area contributed by atoms with Crippen molar-refractivity contribution in [2.45, 2.75) is 0 Å². The van der Waals surface area contributed by atoms with E-state index in [1.165, 1.54) is 66.8 Å². The van der Waals surface area contributed by atoms with Crippen LogP contribution in [0.2, 0.25) is 0 Å². The van der Waals surface area contributed by atoms with Crippen LogP contribution in [0, 0.1) is 0 Å². The second-order valence-electron chi connectivity index (χ2n) is 20.0. The van der Waals surface area contributed by atoms with Crippen LogP contribution in [0.4, 0.5) is 34.9 Å². The fourth-order valence-electron chi connectivity index (χ4n) is 10.2. The summed E-state index contributed by atoms with van der Waals surface area (Å²) < 4.78 is 0. The van der Waals surface area contributed by atoms with Gasteiger partial charge in [-0.2, -0.15) is 15.0 Å². The lowest BCUT2D eigenvalue weighted by Gasteiger charge is -2.13. The van der Waals surface area contributed by atoms with Gasteiger partial charge in [0.15, 0.2) is 0 Å². The fourth-order valence-corrected chi connectivity index (χ4v) is 10.2. The monoisotopic (exact) mass is 1040 g/mol. The van der Waals surface area contributed by atoms with Gasteiger partial charge in [0.25, 0.3) is 0 Å². The summed E-state index contributed by atoms with van der Waals surface area (Å²) in [5, 5.41) is 10.4. The summed E-state index contributed by atoms with van der Waals surface area (Å²) in [7, 11) is 0. The summed E-state index contributed by atoms with van der Waals surface area (Å²) in [5.41, 5.74) is 23.6. The molecule has 0 amide bonds. The summed E-state index contributed by atoms with van der Waals surface area (Å²) >= 11 is 0. The van der Waals surface area contributed by atoms with Crippen molar-refractivity contribution in [1.29, 1.82) is 0 Å². The molecule has 0 saturated heterocycles. The van der Waals surface area contributed by atoms with Crippen molar-refractivity contribution >= 4 is 34.9 Å². The molecule has 12 aromatic carbocycles. The number of hydrogen-bond donors (Lipinski definition) is 3. The maximum absolute atomic E-state index is 4.87. The Morgan fingerprint density at radius 2 is 0.259 bits per heavy atom. The molecule has 6 nitrogen and oxygen atoms in total. The molecule has 1 aromatic heterocycles. The summed E-state index contributed by atoms with van der Waals surface area (Å²) in [6.07, 6.45) is 0. The number of nitrogens with one attached hydrogen (secondary N) is 3. The SMILES string of the molecule is c1ccc(-c2ccc(-c3ccc(-c4ccc(Nc5nc(Nc6ccc(-c7ccc(-c8ccc(-c9ccccc9)cc8)cc7)cc6)nc(Nc6ccc(-c7ccc(-c8ccc(-c9ccccc9)cc8)cc7)cc6)n5)cc4)cc3)cc2)cc1. The van der Waals surface area contributed by atoms with E-state index in [1.807, 2.05) is 18.2 Å². The third-order valence-corrected chi connectivity index (χ3v) is 14.7. The molecule has 13 aromatic rings. The minimum absolute atomic E-state index is 0.392. The van der Waals surface area contributed by atoms with Crippen molar-refractivity contribution < 1.29 is 0 Å². The van der Waals surface area contributed by atoms with Crippen LogP contribution in [-0.4, -0.2) is 15.0 Å². The van der Waals surface area contributed by atoms with Crippen LogP contribution in [-0.2, 0) is 0 Å². The van der Waals surface area contributed by atoms with Gasteiger partial charge in [-0.15, -0.1) is 0 Å². The van der Waals surface area contributed by atoms with Gasteiger partial charge in [0.1, 0.15) is 0 Å². The highest BCUT2D eigenvalue weighted by molar-refractivity contribution is 5.78. The van der Waals surface area contributed by atoms with Crippen molar-refractivity contribution in [3.63, 3.8) is 0 Å². The van der Waals surface area contributed by atoms with Gasteiger partial charge in [-0.1, -0.05) is 273 Å². The maximum Gasteiger partial charge on any atom is 0.233 e. The third kappa shape index (κ3) is 11.7. The van der Waals surface area contributed by atoms with Crippen LogP contribution < -0.4 is 16.0 Å². The quantitative estimate of drug-likeness (QED) is 0.0950. The fraction of sp³-hybridized carbons (Fsp3) is 0. The summed E-state index contributed by atoms with van der Waals surface area (Å²) in [6, 6.07) is 109. The van der Waals surface area contributed by atoms with Crippen LogP contribution >= 0.6 is 0 Å². The topological polar surface area (TPSA) is 74.8 Å². The van der Waals surface area contributed by atoms with Crippen molar-refractivity contribution in [2.24, 2.45) is 0 Å². The smallest absolute Gasteiger partial charge is 0.233 e. The molecule has 0 aliphatic carbocycles. The Hall–Kier alpha value is -11.0. The lowest BCUT2D eigenvalue weighted by atomic mass is 9.98. The van der Waals surface area contributed by atoms with Crippen LogP contribution in [0.25, 0.3) is 100 Å². The van der Waals surface area contributed by atoms with E-state index in [1.54, 1.807) is 0 Å². The Morgan fingerprint density at radius 1 is 0.136 bits per heavy atom. The Bertz CT molecular complexity index is 3720. The standard InChI is InChI=1S/C75H54N6/c1-4-10-52(11-5-1)55-16-22-58(23-17-55)61-28-34-64(35-29-61)67-40-46-70(47-41-67)76-73-79-74(77-71-48-42-68(43-49-71)65-36-30-62(31-37-65)59-24-18-56(19-25-59)53-12-6-2-7-13-53)81-75(80-73)78-72-50-44-69(45-51-72)66-38-32-63(33-39-66)60-26-20-57(21-27-60)54-14-8-3-9-15-54/h1-51H,(H3,76,77,78,79,80,81). The van der Waals surface area contributed by atoms with E-state index in [0.29, 0.717) is 17.8 Å². The van der Waals surface area contributed by atoms with E-state index < -0.39 is 0 Å². The highest BCUT2D eigenvalue weighted by Crippen LogP contribution is 2.33. The molecule has 3 N–H and O–H groups in total. The number of aromatic nitrogens is 3. The van der Waals surface area contributed by atoms with Crippen molar-refractivity contribution in [2.75, 3.05) is 16.0 Å². The number of nitrogens with zero attached hydrogens (tertiary/aromatic N) is 3. The molecule has 0 aliphatic rings. The zero-order valence-electron chi connectivity index (χ0n) is 44.3. The molecule has 0 saturated carbocycles. The van der Waals surface area contributed by atoms with Gasteiger partial charge in [0, 0.05) is 17.1 Å². The highest BCUT2D eigenvalue weighted by atomic mass is 15.3. The van der Waals surface area contributed by atoms with E-state index in [9.17, 15) is 0 Å². The van der Waals surface area contributed by atoms with E-state index in [2.05, 4.69) is 307 Å². The predicted molar refractivity (Wildman–Crippen MR) is 338 cm³/mol. The minimum atomic E-state index is 0.392. The molecule has 0 fully saturated rings. The molecular weight excluding hydrogens is 985 g/mol. The Balaban J connectivity index is 0.711. The molecule has 0 atom stereocenters. The second kappa shape index (κ2) is 22.9. The Labute approximate surface area is 472 Å². The highest BCUT2D eigenvalue weighted by Gasteiger charge is 2.12. The molecule has 0 aliphatic heterocycles. The Morgan fingerprint density at radius 3 is 0.407 bits per heavy atom. The lowest BCUT2D eigenvalue weighted by molar-refractivity contribution is 1.06. The average molecular weight is 1040 g/mol. The van der Waals surface area contributed by atoms with Gasteiger partial charge in [-0.3, -0.25) is 0 Å². The number of benzene rings is 12. The first kappa shape index (κ1) is 49.6. The summed E-state index contributed by atoms with van der Waals surface area (Å²) in [4.78, 5) is 14.6. The zero-order chi connectivity index (χ0) is 54.2. The largest absolute Gasteiger partial charge is 0.324 e. The molecule has 384 valence electrons. The first-order valence-corrected chi connectivity index (χ1v) is 27.2. The second-order valence-corrected chi connectivity index (χ2v) is 20.0. The van der Waals surface area contributed by atoms with Gasteiger partial charge >= 0.3 is 0 Å². The summed E-state index contributed by atoms with van der Waals surface area (Å²) in [6.45, 7) is 0. The third-order valence-electron chi connectivity index (χ3n) is 14.7. The molecule has 13 rings (SSSR count). The molecule has 81 heavy (non-hydrogen) atoms. The minimum Gasteiger partial charge on any atom is -0.324 e. The van der Waals surface area contributed by atoms with Crippen LogP contribution in [0.15, 0.2) is 309 Å². The van der Waals surface area contributed by atoms with E-state index in [-0.39, 0.29) is 0 Å². The van der Waals surface area contributed by atoms with E-state index in [0.717, 1.165) is 50.4 Å². The van der Waals surface area contributed by atoms with Crippen LogP contribution in [0.5, 0.6) is 0 Å². The average Bonchev–Trinajstić information content (AvgIpc) is 3.56. The molecule has 0 bridgehead atoms. The van der Waals surface area contributed by atoms with Crippen LogP contribution in [0.3, 0.4) is 0 Å². The predicted octanol–water partition coefficient (Wildman–Crippen LogP) is 20.1. The van der Waals surface area contributed by atoms with Crippen molar-refractivity contribution in [3.05, 3.63) is 309 Å². The lowest BCUT2D eigenvalue weighted by Crippen LogP contribution is -2.07. The number of rotatable bonds is 15. The van der Waals surface area contributed by atoms with Gasteiger partial charge in [-0.25, -0.2) is 0 Å². The van der Waals surface area contributed by atoms with Gasteiger partial charge in [0.05, 0.1) is 0 Å². The van der Waals surface area contributed by atoms with E-state index in [4.69, 9.17) is 15.0 Å². The number of hydrogen-bond acceptors (Lipinski definition) is 6. The van der Waals surface area contributed by atoms with Crippen molar-refractivity contribution in [3.8, 4) is 100 Å². The Kier molecular flexibility index (Phi) is 14.1. The maximum atomic E-state index is 4.87. The first-order valence-electron chi connectivity index (χ1n) is 27.2. The molecular formula is C75H54N6. The van der Waals surface area contributed by atoms with E-state index >= 15 is 0 Å². The molecule has 0 spiro atoms. The molecule has 6 heteroatoms. The van der Waals surface area contributed by atoms with Crippen molar-refractivity contribution in [1.82, 2.24) is 15.0 Å². The van der Waals surface area contributed by atoms with Gasteiger partial charge < -0.3 is 16.0 Å². The molecule has 0 unspecified atom stereocenters. The summed E-state index contributed by atoms with van der Waals surface area (Å²) in [5.74, 6) is 1.18. The van der Waals surface area contributed by atoms with Gasteiger partial charge in [-0.05, 0) is 137 Å². The van der Waals surface area contributed by atoms with Crippen LogP contribution in [0.1, 0.15) is 0 Å². The first-order chi connectivity index (χ1) is 40.0. The molecule has 0 radical (unpaired) electrons. The zero-order valence-corrected chi connectivity index (χ0v) is 44.3. The normalized spacial score (nSPS) is 11.0. The molecule has 1 heterocycles. The number of anilines is 6. The van der Waals surface area contributed by atoms with Gasteiger partial charge in [0.2, 0.25) is 17.8 Å².